The van der Waals surface area contributed by atoms with Crippen LogP contribution >= 0.6 is 0 Å². The first-order chi connectivity index (χ1) is 12.5. The van der Waals surface area contributed by atoms with Crippen LogP contribution in [-0.2, 0) is 13.6 Å². The van der Waals surface area contributed by atoms with Crippen molar-refractivity contribution in [3.05, 3.63) is 71.8 Å². The molecule has 0 radical (unpaired) electrons. The van der Waals surface area contributed by atoms with Gasteiger partial charge in [-0.2, -0.15) is 0 Å². The Bertz CT molecular complexity index is 874. The van der Waals surface area contributed by atoms with E-state index in [1.54, 1.807) is 30.1 Å². The second-order valence-corrected chi connectivity index (χ2v) is 6.03. The zero-order valence-electron chi connectivity index (χ0n) is 14.6. The Morgan fingerprint density at radius 2 is 1.73 bits per heavy atom. The van der Waals surface area contributed by atoms with Gasteiger partial charge < -0.3 is 10.6 Å². The first-order valence-electron chi connectivity index (χ1n) is 8.27. The zero-order chi connectivity index (χ0) is 18.5. The van der Waals surface area contributed by atoms with Crippen LogP contribution in [0.4, 0.5) is 9.18 Å². The maximum Gasteiger partial charge on any atom is 0.315 e. The summed E-state index contributed by atoms with van der Waals surface area (Å²) in [4.78, 5) is 12.0. The quantitative estimate of drug-likeness (QED) is 0.740. The summed E-state index contributed by atoms with van der Waals surface area (Å²) in [6.07, 6.45) is 1.61. The van der Waals surface area contributed by atoms with Gasteiger partial charge >= 0.3 is 6.03 Å². The highest BCUT2D eigenvalue weighted by Crippen LogP contribution is 2.22. The van der Waals surface area contributed by atoms with Crippen molar-refractivity contribution in [2.75, 3.05) is 0 Å². The van der Waals surface area contributed by atoms with E-state index in [9.17, 15) is 9.18 Å². The third-order valence-corrected chi connectivity index (χ3v) is 4.17. The third kappa shape index (κ3) is 4.24. The summed E-state index contributed by atoms with van der Waals surface area (Å²) in [5, 5.41) is 13.3. The number of aromatic nitrogens is 3. The van der Waals surface area contributed by atoms with E-state index in [-0.39, 0.29) is 17.9 Å². The summed E-state index contributed by atoms with van der Waals surface area (Å²) in [5.74, 6) is -0.254. The van der Waals surface area contributed by atoms with E-state index in [4.69, 9.17) is 0 Å². The molecular weight excluding hydrogens is 333 g/mol. The highest BCUT2D eigenvalue weighted by atomic mass is 19.1. The number of nitrogens with one attached hydrogen (secondary N) is 2. The van der Waals surface area contributed by atoms with E-state index in [0.29, 0.717) is 6.54 Å². The van der Waals surface area contributed by atoms with Gasteiger partial charge in [0.05, 0.1) is 24.5 Å². The lowest BCUT2D eigenvalue weighted by atomic mass is 10.0. The monoisotopic (exact) mass is 353 g/mol. The Hall–Kier alpha value is -3.22. The van der Waals surface area contributed by atoms with Gasteiger partial charge in [0.1, 0.15) is 5.82 Å². The number of carbonyl (C=O) groups excluding carboxylic acids is 1. The molecular formula is C19H20FN5O. The van der Waals surface area contributed by atoms with Crippen molar-refractivity contribution >= 4 is 6.03 Å². The molecule has 1 unspecified atom stereocenters. The zero-order valence-corrected chi connectivity index (χ0v) is 14.6. The van der Waals surface area contributed by atoms with E-state index in [0.717, 1.165) is 22.4 Å². The molecule has 0 saturated carbocycles. The molecule has 0 aliphatic heterocycles. The highest BCUT2D eigenvalue weighted by molar-refractivity contribution is 5.74. The number of hydrogen-bond donors (Lipinski definition) is 2. The molecule has 7 heteroatoms. The molecule has 2 aromatic carbocycles. The molecule has 3 rings (SSSR count). The summed E-state index contributed by atoms with van der Waals surface area (Å²) < 4.78 is 14.6. The summed E-state index contributed by atoms with van der Waals surface area (Å²) >= 11 is 0. The molecule has 0 fully saturated rings. The standard InChI is InChI=1S/C19H20FN5O/c1-13(23-19(26)21-11-18-12-22-24-25(18)2)14-3-5-15(6-4-14)16-7-9-17(20)10-8-16/h3-10,12-13H,11H2,1-2H3,(H2,21,23,26). The van der Waals surface area contributed by atoms with Crippen molar-refractivity contribution in [3.8, 4) is 11.1 Å². The predicted octanol–water partition coefficient (Wildman–Crippen LogP) is 3.18. The number of aryl methyl sites for hydroxylation is 1. The van der Waals surface area contributed by atoms with Crippen molar-refractivity contribution in [1.82, 2.24) is 25.6 Å². The molecule has 134 valence electrons. The smallest absolute Gasteiger partial charge is 0.315 e. The molecule has 1 atom stereocenters. The number of urea groups is 1. The van der Waals surface area contributed by atoms with Crippen molar-refractivity contribution in [2.24, 2.45) is 7.05 Å². The van der Waals surface area contributed by atoms with Crippen LogP contribution in [0.25, 0.3) is 11.1 Å². The number of halogens is 1. The molecule has 0 bridgehead atoms. The van der Waals surface area contributed by atoms with E-state index in [1.807, 2.05) is 31.2 Å². The fraction of sp³-hybridized carbons (Fsp3) is 0.211. The number of nitrogens with zero attached hydrogens (tertiary/aromatic N) is 3. The van der Waals surface area contributed by atoms with Gasteiger partial charge in [-0.15, -0.1) is 5.10 Å². The molecule has 2 N–H and O–H groups in total. The summed E-state index contributed by atoms with van der Waals surface area (Å²) in [7, 11) is 1.77. The molecule has 0 aliphatic rings. The maximum atomic E-state index is 13.0. The Morgan fingerprint density at radius 1 is 1.12 bits per heavy atom. The number of carbonyl (C=O) groups is 1. The Kier molecular flexibility index (Phi) is 5.26. The van der Waals surface area contributed by atoms with Crippen molar-refractivity contribution < 1.29 is 9.18 Å². The van der Waals surface area contributed by atoms with Crippen LogP contribution in [0, 0.1) is 5.82 Å². The maximum absolute atomic E-state index is 13.0. The highest BCUT2D eigenvalue weighted by Gasteiger charge is 2.10. The van der Waals surface area contributed by atoms with Gasteiger partial charge in [0.2, 0.25) is 0 Å². The summed E-state index contributed by atoms with van der Waals surface area (Å²) in [6, 6.07) is 13.8. The van der Waals surface area contributed by atoms with Crippen LogP contribution < -0.4 is 10.6 Å². The molecule has 1 aromatic heterocycles. The molecule has 2 amide bonds. The van der Waals surface area contributed by atoms with Gasteiger partial charge in [0, 0.05) is 7.05 Å². The Morgan fingerprint density at radius 3 is 2.31 bits per heavy atom. The topological polar surface area (TPSA) is 71.8 Å². The molecule has 3 aromatic rings. The average Bonchev–Trinajstić information content (AvgIpc) is 3.06. The normalized spacial score (nSPS) is 11.8. The van der Waals surface area contributed by atoms with E-state index >= 15 is 0 Å². The SMILES string of the molecule is CC(NC(=O)NCc1cnnn1C)c1ccc(-c2ccc(F)cc2)cc1. The number of amides is 2. The lowest BCUT2D eigenvalue weighted by molar-refractivity contribution is 0.237. The fourth-order valence-electron chi connectivity index (χ4n) is 2.58. The largest absolute Gasteiger partial charge is 0.332 e. The molecule has 6 nitrogen and oxygen atoms in total. The molecule has 0 spiro atoms. The van der Waals surface area contributed by atoms with Gasteiger partial charge in [0.15, 0.2) is 0 Å². The van der Waals surface area contributed by atoms with Gasteiger partial charge in [-0.05, 0) is 35.7 Å². The second kappa shape index (κ2) is 7.77. The van der Waals surface area contributed by atoms with Crippen LogP contribution in [0.2, 0.25) is 0 Å². The third-order valence-electron chi connectivity index (χ3n) is 4.17. The molecule has 1 heterocycles. The van der Waals surface area contributed by atoms with Crippen LogP contribution in [0.15, 0.2) is 54.7 Å². The average molecular weight is 353 g/mol. The van der Waals surface area contributed by atoms with E-state index in [1.165, 1.54) is 12.1 Å². The van der Waals surface area contributed by atoms with Crippen LogP contribution in [0.1, 0.15) is 24.2 Å². The summed E-state index contributed by atoms with van der Waals surface area (Å²) in [5.41, 5.74) is 3.74. The lowest BCUT2D eigenvalue weighted by Crippen LogP contribution is -2.37. The predicted molar refractivity (Wildman–Crippen MR) is 96.6 cm³/mol. The Labute approximate surface area is 151 Å². The van der Waals surface area contributed by atoms with Crippen LogP contribution in [0.3, 0.4) is 0 Å². The molecule has 0 aliphatic carbocycles. The Balaban J connectivity index is 1.57. The minimum absolute atomic E-state index is 0.151. The first-order valence-corrected chi connectivity index (χ1v) is 8.27. The van der Waals surface area contributed by atoms with Crippen LogP contribution in [-0.4, -0.2) is 21.0 Å². The van der Waals surface area contributed by atoms with Crippen molar-refractivity contribution in [3.63, 3.8) is 0 Å². The summed E-state index contributed by atoms with van der Waals surface area (Å²) in [6.45, 7) is 2.27. The van der Waals surface area contributed by atoms with Crippen molar-refractivity contribution in [1.29, 1.82) is 0 Å². The van der Waals surface area contributed by atoms with Crippen molar-refractivity contribution in [2.45, 2.75) is 19.5 Å². The van der Waals surface area contributed by atoms with Gasteiger partial charge in [-0.25, -0.2) is 9.18 Å². The number of rotatable bonds is 5. The fourth-order valence-corrected chi connectivity index (χ4v) is 2.58. The van der Waals surface area contributed by atoms with Crippen LogP contribution in [0.5, 0.6) is 0 Å². The number of hydrogen-bond acceptors (Lipinski definition) is 3. The first kappa shape index (κ1) is 17.6. The molecule has 0 saturated heterocycles. The van der Waals surface area contributed by atoms with Gasteiger partial charge in [-0.3, -0.25) is 4.68 Å². The van der Waals surface area contributed by atoms with E-state index in [2.05, 4.69) is 20.9 Å². The molecule has 26 heavy (non-hydrogen) atoms. The second-order valence-electron chi connectivity index (χ2n) is 6.03. The van der Waals surface area contributed by atoms with Gasteiger partial charge in [0.25, 0.3) is 0 Å². The lowest BCUT2D eigenvalue weighted by Gasteiger charge is -2.15. The van der Waals surface area contributed by atoms with E-state index < -0.39 is 0 Å². The minimum Gasteiger partial charge on any atom is -0.332 e. The van der Waals surface area contributed by atoms with Gasteiger partial charge in [-0.1, -0.05) is 41.6 Å². The number of benzene rings is 2. The minimum atomic E-state index is -0.263.